The fourth-order valence-corrected chi connectivity index (χ4v) is 2.78. The molecule has 2 aromatic rings. The Bertz CT molecular complexity index is 669. The minimum atomic E-state index is -0.345. The van der Waals surface area contributed by atoms with E-state index in [4.69, 9.17) is 4.74 Å². The molecule has 0 saturated heterocycles. The highest BCUT2D eigenvalue weighted by molar-refractivity contribution is 5.67. The van der Waals surface area contributed by atoms with Crippen molar-refractivity contribution < 1.29 is 9.53 Å². The number of carbonyl (C=O) groups is 1. The quantitative estimate of drug-likeness (QED) is 0.857. The van der Waals surface area contributed by atoms with Gasteiger partial charge in [-0.1, -0.05) is 36.4 Å². The van der Waals surface area contributed by atoms with Gasteiger partial charge in [0.25, 0.3) is 0 Å². The van der Waals surface area contributed by atoms with E-state index in [0.717, 1.165) is 30.6 Å². The first kappa shape index (κ1) is 16.5. The van der Waals surface area contributed by atoms with E-state index in [9.17, 15) is 4.79 Å². The molecular weight excluding hydrogens is 302 g/mol. The fraction of sp³-hybridized carbons (Fsp3) is 0.368. The van der Waals surface area contributed by atoms with E-state index in [2.05, 4.69) is 28.6 Å². The van der Waals surface area contributed by atoms with Crippen LogP contribution >= 0.6 is 0 Å². The van der Waals surface area contributed by atoms with E-state index in [-0.39, 0.29) is 12.1 Å². The van der Waals surface area contributed by atoms with Crippen molar-refractivity contribution in [2.75, 3.05) is 0 Å². The molecule has 1 amide bonds. The Balaban J connectivity index is 1.32. The van der Waals surface area contributed by atoms with E-state index < -0.39 is 0 Å². The van der Waals surface area contributed by atoms with Crippen molar-refractivity contribution >= 4 is 6.09 Å². The van der Waals surface area contributed by atoms with E-state index in [0.29, 0.717) is 12.6 Å². The smallest absolute Gasteiger partial charge is 0.407 e. The van der Waals surface area contributed by atoms with Crippen LogP contribution in [0.25, 0.3) is 0 Å². The van der Waals surface area contributed by atoms with Crippen molar-refractivity contribution in [3.05, 3.63) is 65.5 Å². The van der Waals surface area contributed by atoms with Gasteiger partial charge in [0.05, 0.1) is 5.69 Å². The molecule has 1 saturated carbocycles. The van der Waals surface area contributed by atoms with Crippen LogP contribution in [0.3, 0.4) is 0 Å². The van der Waals surface area contributed by atoms with Gasteiger partial charge in [0.1, 0.15) is 6.61 Å². The monoisotopic (exact) mass is 325 g/mol. The number of aryl methyl sites for hydroxylation is 1. The molecule has 1 aliphatic carbocycles. The molecule has 3 rings (SSSR count). The number of amides is 1. The summed E-state index contributed by atoms with van der Waals surface area (Å²) in [5.74, 6) is 0. The van der Waals surface area contributed by atoms with Gasteiger partial charge in [-0.2, -0.15) is 0 Å². The third-order valence-electron chi connectivity index (χ3n) is 4.35. The van der Waals surface area contributed by atoms with Crippen LogP contribution in [-0.4, -0.2) is 23.2 Å². The molecule has 0 atom stereocenters. The Labute approximate surface area is 142 Å². The van der Waals surface area contributed by atoms with Crippen LogP contribution in [0.15, 0.2) is 48.7 Å². The summed E-state index contributed by atoms with van der Waals surface area (Å²) in [6, 6.07) is 14.3. The number of pyridine rings is 1. The summed E-state index contributed by atoms with van der Waals surface area (Å²) in [5, 5.41) is 6.39. The van der Waals surface area contributed by atoms with Crippen molar-refractivity contribution in [1.82, 2.24) is 15.6 Å². The number of ether oxygens (including phenoxy) is 1. The second-order valence-corrected chi connectivity index (χ2v) is 6.22. The van der Waals surface area contributed by atoms with Crippen LogP contribution in [0.4, 0.5) is 4.79 Å². The van der Waals surface area contributed by atoms with E-state index >= 15 is 0 Å². The van der Waals surface area contributed by atoms with Gasteiger partial charge in [0, 0.05) is 24.8 Å². The molecule has 0 bridgehead atoms. The minimum absolute atomic E-state index is 0.190. The van der Waals surface area contributed by atoms with Crippen LogP contribution in [0.1, 0.15) is 29.7 Å². The van der Waals surface area contributed by atoms with Crippen LogP contribution < -0.4 is 10.6 Å². The van der Waals surface area contributed by atoms with Crippen LogP contribution in [0.5, 0.6) is 0 Å². The number of rotatable bonds is 6. The lowest BCUT2D eigenvalue weighted by molar-refractivity contribution is 0.125. The molecule has 2 N–H and O–H groups in total. The third kappa shape index (κ3) is 4.55. The summed E-state index contributed by atoms with van der Waals surface area (Å²) in [5.41, 5.74) is 3.27. The summed E-state index contributed by atoms with van der Waals surface area (Å²) in [7, 11) is 0. The van der Waals surface area contributed by atoms with Gasteiger partial charge in [0.15, 0.2) is 0 Å². The summed E-state index contributed by atoms with van der Waals surface area (Å²) in [6.45, 7) is 3.14. The maximum Gasteiger partial charge on any atom is 0.407 e. The number of alkyl carbamates (subject to hydrolysis) is 1. The van der Waals surface area contributed by atoms with E-state index in [1.165, 1.54) is 5.56 Å². The Hall–Kier alpha value is -2.40. The Morgan fingerprint density at radius 1 is 1.17 bits per heavy atom. The summed E-state index contributed by atoms with van der Waals surface area (Å²) < 4.78 is 5.23. The molecule has 24 heavy (non-hydrogen) atoms. The number of aromatic nitrogens is 1. The molecule has 0 spiro atoms. The lowest BCUT2D eigenvalue weighted by atomic mass is 9.87. The minimum Gasteiger partial charge on any atom is -0.445 e. The molecule has 1 fully saturated rings. The highest BCUT2D eigenvalue weighted by Crippen LogP contribution is 2.20. The average Bonchev–Trinajstić information content (AvgIpc) is 2.57. The fourth-order valence-electron chi connectivity index (χ4n) is 2.78. The predicted octanol–water partition coefficient (Wildman–Crippen LogP) is 2.94. The lowest BCUT2D eigenvalue weighted by Crippen LogP contribution is -2.52. The van der Waals surface area contributed by atoms with Gasteiger partial charge in [0.2, 0.25) is 0 Å². The van der Waals surface area contributed by atoms with Crippen molar-refractivity contribution in [3.8, 4) is 0 Å². The number of nitrogens with one attached hydrogen (secondary N) is 2. The molecule has 126 valence electrons. The number of nitrogens with zero attached hydrogens (tertiary/aromatic N) is 1. The molecule has 1 aromatic heterocycles. The molecule has 1 heterocycles. The van der Waals surface area contributed by atoms with Crippen LogP contribution in [0.2, 0.25) is 0 Å². The Morgan fingerprint density at radius 2 is 1.96 bits per heavy atom. The maximum absolute atomic E-state index is 11.8. The van der Waals surface area contributed by atoms with Crippen LogP contribution in [0, 0.1) is 6.92 Å². The largest absolute Gasteiger partial charge is 0.445 e. The van der Waals surface area contributed by atoms with Gasteiger partial charge in [-0.25, -0.2) is 4.79 Å². The van der Waals surface area contributed by atoms with E-state index in [1.54, 1.807) is 0 Å². The Morgan fingerprint density at radius 3 is 2.71 bits per heavy atom. The zero-order valence-corrected chi connectivity index (χ0v) is 13.9. The van der Waals surface area contributed by atoms with Gasteiger partial charge in [-0.05, 0) is 37.0 Å². The highest BCUT2D eigenvalue weighted by Gasteiger charge is 2.30. The molecule has 1 aliphatic rings. The summed E-state index contributed by atoms with van der Waals surface area (Å²) >= 11 is 0. The predicted molar refractivity (Wildman–Crippen MR) is 92.4 cm³/mol. The third-order valence-corrected chi connectivity index (χ3v) is 4.35. The van der Waals surface area contributed by atoms with Gasteiger partial charge in [-0.3, -0.25) is 4.98 Å². The maximum atomic E-state index is 11.8. The number of hydrogen-bond acceptors (Lipinski definition) is 4. The number of hydrogen-bond donors (Lipinski definition) is 2. The molecule has 5 heteroatoms. The normalized spacial score (nSPS) is 19.4. The number of benzene rings is 1. The van der Waals surface area contributed by atoms with Gasteiger partial charge < -0.3 is 15.4 Å². The van der Waals surface area contributed by atoms with Crippen molar-refractivity contribution in [1.29, 1.82) is 0 Å². The second-order valence-electron chi connectivity index (χ2n) is 6.22. The highest BCUT2D eigenvalue weighted by atomic mass is 16.5. The van der Waals surface area contributed by atoms with Crippen molar-refractivity contribution in [2.24, 2.45) is 0 Å². The van der Waals surface area contributed by atoms with Crippen molar-refractivity contribution in [2.45, 2.75) is 45.0 Å². The van der Waals surface area contributed by atoms with E-state index in [1.807, 2.05) is 42.6 Å². The zero-order chi connectivity index (χ0) is 16.8. The summed E-state index contributed by atoms with van der Waals surface area (Å²) in [6.07, 6.45) is 3.32. The molecule has 0 unspecified atom stereocenters. The standard InChI is InChI=1S/C19H23N3O2/c1-14-6-5-9-20-18(14)12-21-16-10-17(11-16)22-19(23)24-13-15-7-3-2-4-8-15/h2-9,16-17,21H,10-13H2,1H3,(H,22,23). The first-order chi connectivity index (χ1) is 11.7. The topological polar surface area (TPSA) is 63.2 Å². The van der Waals surface area contributed by atoms with Gasteiger partial charge in [-0.15, -0.1) is 0 Å². The molecule has 5 nitrogen and oxygen atoms in total. The number of carbonyl (C=O) groups excluding carboxylic acids is 1. The first-order valence-corrected chi connectivity index (χ1v) is 8.32. The summed E-state index contributed by atoms with van der Waals surface area (Å²) in [4.78, 5) is 16.2. The Kier molecular flexibility index (Phi) is 5.43. The second kappa shape index (κ2) is 7.93. The zero-order valence-electron chi connectivity index (χ0n) is 13.9. The lowest BCUT2D eigenvalue weighted by Gasteiger charge is -2.36. The van der Waals surface area contributed by atoms with Crippen molar-refractivity contribution in [3.63, 3.8) is 0 Å². The SMILES string of the molecule is Cc1cccnc1CNC1CC(NC(=O)OCc2ccccc2)C1. The molecular formula is C19H23N3O2. The van der Waals surface area contributed by atoms with Crippen LogP contribution in [-0.2, 0) is 17.9 Å². The first-order valence-electron chi connectivity index (χ1n) is 8.32. The van der Waals surface area contributed by atoms with Gasteiger partial charge >= 0.3 is 6.09 Å². The molecule has 1 aromatic carbocycles. The molecule has 0 radical (unpaired) electrons. The average molecular weight is 325 g/mol. The molecule has 0 aliphatic heterocycles.